The number of nitrogens with one attached hydrogen (secondary N) is 1. The minimum absolute atomic E-state index is 0.349. The van der Waals surface area contributed by atoms with Gasteiger partial charge in [-0.25, -0.2) is 9.48 Å². The highest BCUT2D eigenvalue weighted by atomic mass is 32.2. The maximum atomic E-state index is 12.6. The van der Waals surface area contributed by atoms with Crippen molar-refractivity contribution in [3.8, 4) is 0 Å². The van der Waals surface area contributed by atoms with Crippen LogP contribution in [0, 0.1) is 0 Å². The lowest BCUT2D eigenvalue weighted by Gasteiger charge is -2.16. The number of amides is 1. The van der Waals surface area contributed by atoms with Gasteiger partial charge in [0, 0.05) is 11.3 Å². The fraction of sp³-hybridized carbons (Fsp3) is 0.211. The molecule has 0 aliphatic carbocycles. The molecule has 3 aromatic rings. The number of hydrogen-bond acceptors (Lipinski definition) is 7. The molecule has 2 aromatic carbocycles. The summed E-state index contributed by atoms with van der Waals surface area (Å²) in [6, 6.07) is 16.1. The second kappa shape index (κ2) is 9.65. The molecule has 1 aromatic heterocycles. The van der Waals surface area contributed by atoms with Gasteiger partial charge in [0.2, 0.25) is 0 Å². The monoisotopic (exact) mass is 397 g/mol. The van der Waals surface area contributed by atoms with Crippen LogP contribution in [0.4, 0.5) is 5.69 Å². The Morgan fingerprint density at radius 1 is 1.14 bits per heavy atom. The summed E-state index contributed by atoms with van der Waals surface area (Å²) < 4.78 is 6.56. The van der Waals surface area contributed by atoms with E-state index in [4.69, 9.17) is 4.74 Å². The Morgan fingerprint density at radius 2 is 1.89 bits per heavy atom. The second-order valence-corrected chi connectivity index (χ2v) is 6.70. The molecule has 9 heteroatoms. The van der Waals surface area contributed by atoms with Gasteiger partial charge in [0.25, 0.3) is 5.91 Å². The summed E-state index contributed by atoms with van der Waals surface area (Å²) in [4.78, 5) is 25.7. The van der Waals surface area contributed by atoms with E-state index in [1.54, 1.807) is 6.07 Å². The highest BCUT2D eigenvalue weighted by Gasteiger charge is 2.24. The van der Waals surface area contributed by atoms with Gasteiger partial charge < -0.3 is 10.1 Å². The smallest absolute Gasteiger partial charge is 0.331 e. The number of thioether (sulfide) groups is 1. The van der Waals surface area contributed by atoms with Gasteiger partial charge in [-0.15, -0.1) is 16.9 Å². The lowest BCUT2D eigenvalue weighted by molar-refractivity contribution is -0.151. The Hall–Kier alpha value is -3.20. The summed E-state index contributed by atoms with van der Waals surface area (Å²) in [7, 11) is 0. The Morgan fingerprint density at radius 3 is 2.61 bits per heavy atom. The zero-order valence-corrected chi connectivity index (χ0v) is 16.0. The highest BCUT2D eigenvalue weighted by Crippen LogP contribution is 2.24. The van der Waals surface area contributed by atoms with E-state index in [1.165, 1.54) is 22.8 Å². The van der Waals surface area contributed by atoms with Crippen LogP contribution >= 0.6 is 11.8 Å². The van der Waals surface area contributed by atoms with E-state index in [0.717, 1.165) is 10.5 Å². The van der Waals surface area contributed by atoms with Crippen LogP contribution in [0.15, 0.2) is 65.8 Å². The van der Waals surface area contributed by atoms with Gasteiger partial charge in [-0.2, -0.15) is 0 Å². The molecule has 144 valence electrons. The minimum Gasteiger partial charge on any atom is -0.454 e. The van der Waals surface area contributed by atoms with E-state index in [1.807, 2.05) is 54.8 Å². The maximum absolute atomic E-state index is 12.6. The van der Waals surface area contributed by atoms with Crippen molar-refractivity contribution in [2.75, 3.05) is 18.2 Å². The minimum atomic E-state index is -0.760. The first-order valence-corrected chi connectivity index (χ1v) is 9.75. The van der Waals surface area contributed by atoms with E-state index in [2.05, 4.69) is 20.8 Å². The zero-order valence-electron chi connectivity index (χ0n) is 15.2. The molecule has 0 radical (unpaired) electrons. The van der Waals surface area contributed by atoms with E-state index in [-0.39, 0.29) is 0 Å². The summed E-state index contributed by atoms with van der Waals surface area (Å²) in [5.74, 6) is -0.991. The van der Waals surface area contributed by atoms with E-state index in [0.29, 0.717) is 12.1 Å². The molecule has 0 spiro atoms. The van der Waals surface area contributed by atoms with Crippen molar-refractivity contribution in [3.05, 3.63) is 66.5 Å². The van der Waals surface area contributed by atoms with E-state index >= 15 is 0 Å². The van der Waals surface area contributed by atoms with Crippen LogP contribution in [0.5, 0.6) is 0 Å². The molecule has 1 N–H and O–H groups in total. The molecule has 0 fully saturated rings. The summed E-state index contributed by atoms with van der Waals surface area (Å²) in [6.07, 6.45) is 3.62. The number of rotatable bonds is 8. The van der Waals surface area contributed by atoms with E-state index < -0.39 is 24.5 Å². The van der Waals surface area contributed by atoms with Gasteiger partial charge in [0.05, 0.1) is 5.69 Å². The van der Waals surface area contributed by atoms with Crippen molar-refractivity contribution in [1.82, 2.24) is 20.2 Å². The fourth-order valence-electron chi connectivity index (χ4n) is 2.60. The Labute approximate surface area is 166 Å². The Kier molecular flexibility index (Phi) is 6.74. The van der Waals surface area contributed by atoms with Gasteiger partial charge in [0.15, 0.2) is 12.6 Å². The number of aromatic nitrogens is 4. The number of tetrazole rings is 1. The molecule has 0 aliphatic heterocycles. The lowest BCUT2D eigenvalue weighted by Crippen LogP contribution is -2.28. The molecule has 3 rings (SSSR count). The number of para-hydroxylation sites is 1. The van der Waals surface area contributed by atoms with Crippen molar-refractivity contribution in [2.45, 2.75) is 17.4 Å². The van der Waals surface area contributed by atoms with Gasteiger partial charge >= 0.3 is 5.97 Å². The first kappa shape index (κ1) is 19.6. The van der Waals surface area contributed by atoms with Crippen molar-refractivity contribution in [3.63, 3.8) is 0 Å². The van der Waals surface area contributed by atoms with Crippen LogP contribution in [-0.2, 0) is 20.7 Å². The average molecular weight is 397 g/mol. The Balaban J connectivity index is 1.62. The highest BCUT2D eigenvalue weighted by molar-refractivity contribution is 7.98. The molecule has 28 heavy (non-hydrogen) atoms. The summed E-state index contributed by atoms with van der Waals surface area (Å²) >= 11 is 1.52. The number of benzene rings is 2. The average Bonchev–Trinajstić information content (AvgIpc) is 3.26. The van der Waals surface area contributed by atoms with Gasteiger partial charge in [-0.3, -0.25) is 4.79 Å². The van der Waals surface area contributed by atoms with Crippen molar-refractivity contribution in [1.29, 1.82) is 0 Å². The van der Waals surface area contributed by atoms with Crippen LogP contribution in [0.25, 0.3) is 0 Å². The predicted molar refractivity (Wildman–Crippen MR) is 105 cm³/mol. The molecule has 8 nitrogen and oxygen atoms in total. The predicted octanol–water partition coefficient (Wildman–Crippen LogP) is 2.36. The zero-order chi connectivity index (χ0) is 19.8. The number of anilines is 1. The number of carbonyl (C=O) groups excluding carboxylic acids is 2. The number of hydrogen-bond donors (Lipinski definition) is 1. The number of carbonyl (C=O) groups is 2. The molecule has 0 aliphatic rings. The largest absolute Gasteiger partial charge is 0.454 e. The van der Waals surface area contributed by atoms with Crippen molar-refractivity contribution < 1.29 is 14.3 Å². The number of ether oxygens (including phenoxy) is 1. The quantitative estimate of drug-likeness (QED) is 0.460. The van der Waals surface area contributed by atoms with E-state index in [9.17, 15) is 9.59 Å². The first-order valence-electron chi connectivity index (χ1n) is 8.53. The standard InChI is InChI=1S/C19H19N5O3S/c1-28-17-10-6-5-9-15(17)21-18(25)12-27-19(26)16(24-13-20-22-23-24)11-14-7-3-2-4-8-14/h2-10,13,16H,11-12H2,1H3,(H,21,25)/t16-/m0/s1. The number of nitrogens with zero attached hydrogens (tertiary/aromatic N) is 4. The van der Waals surface area contributed by atoms with Crippen LogP contribution in [0.3, 0.4) is 0 Å². The summed E-state index contributed by atoms with van der Waals surface area (Å²) in [5.41, 5.74) is 1.61. The SMILES string of the molecule is CSc1ccccc1NC(=O)COC(=O)[C@H](Cc1ccccc1)n1cnnn1. The molecule has 0 unspecified atom stereocenters. The van der Waals surface area contributed by atoms with Crippen LogP contribution in [-0.4, -0.2) is 44.9 Å². The van der Waals surface area contributed by atoms with Gasteiger partial charge in [-0.1, -0.05) is 42.5 Å². The molecular weight excluding hydrogens is 378 g/mol. The maximum Gasteiger partial charge on any atom is 0.331 e. The van der Waals surface area contributed by atoms with Gasteiger partial charge in [0.1, 0.15) is 6.33 Å². The molecule has 1 amide bonds. The van der Waals surface area contributed by atoms with Crippen molar-refractivity contribution >= 4 is 29.3 Å². The number of esters is 1. The van der Waals surface area contributed by atoms with Gasteiger partial charge in [-0.05, 0) is 34.4 Å². The summed E-state index contributed by atoms with van der Waals surface area (Å²) in [6.45, 7) is -0.394. The molecular formula is C19H19N5O3S. The normalized spacial score (nSPS) is 11.6. The van der Waals surface area contributed by atoms with Crippen LogP contribution < -0.4 is 5.32 Å². The lowest BCUT2D eigenvalue weighted by atomic mass is 10.1. The molecule has 0 saturated heterocycles. The fourth-order valence-corrected chi connectivity index (χ4v) is 3.15. The van der Waals surface area contributed by atoms with Crippen LogP contribution in [0.1, 0.15) is 11.6 Å². The molecule has 1 heterocycles. The van der Waals surface area contributed by atoms with Crippen molar-refractivity contribution in [2.24, 2.45) is 0 Å². The van der Waals surface area contributed by atoms with Crippen LogP contribution in [0.2, 0.25) is 0 Å². The molecule has 0 saturated carbocycles. The molecule has 1 atom stereocenters. The third-order valence-corrected chi connectivity index (χ3v) is 4.75. The third-order valence-electron chi connectivity index (χ3n) is 3.95. The first-order chi connectivity index (χ1) is 13.7. The topological polar surface area (TPSA) is 99.0 Å². The molecule has 0 bridgehead atoms. The Bertz CT molecular complexity index is 918. The summed E-state index contributed by atoms with van der Waals surface area (Å²) in [5, 5.41) is 13.7. The second-order valence-electron chi connectivity index (χ2n) is 5.85. The third kappa shape index (κ3) is 5.17.